The van der Waals surface area contributed by atoms with Crippen molar-refractivity contribution < 1.29 is 4.79 Å². The Balaban J connectivity index is 1.47. The molecule has 1 saturated carbocycles. The Morgan fingerprint density at radius 2 is 2.12 bits per heavy atom. The van der Waals surface area contributed by atoms with Gasteiger partial charge in [-0.3, -0.25) is 4.79 Å². The number of thioether (sulfide) groups is 1. The lowest BCUT2D eigenvalue weighted by Crippen LogP contribution is -2.21. The minimum atomic E-state index is -0.104. The molecule has 0 radical (unpaired) electrons. The zero-order valence-corrected chi connectivity index (χ0v) is 16.4. The summed E-state index contributed by atoms with van der Waals surface area (Å²) in [5.41, 5.74) is 1.69. The number of aryl methyl sites for hydroxylation is 1. The normalized spacial score (nSPS) is 15.1. The standard InChI is InChI=1S/C17H21ClN4OS2/c1-11-7-8-14(13(18)9-11)20-15(23)10-24-17-22-21-16(25-17)19-12-5-3-2-4-6-12/h7-9,12H,2-6,10H2,1H3,(H,19,21)(H,20,23). The second kappa shape index (κ2) is 8.87. The summed E-state index contributed by atoms with van der Waals surface area (Å²) < 4.78 is 0.795. The van der Waals surface area contributed by atoms with E-state index in [0.29, 0.717) is 16.8 Å². The third kappa shape index (κ3) is 5.59. The van der Waals surface area contributed by atoms with Crippen LogP contribution < -0.4 is 10.6 Å². The van der Waals surface area contributed by atoms with E-state index < -0.39 is 0 Å². The first-order valence-electron chi connectivity index (χ1n) is 8.39. The van der Waals surface area contributed by atoms with E-state index in [2.05, 4.69) is 20.8 Å². The summed E-state index contributed by atoms with van der Waals surface area (Å²) in [6.45, 7) is 1.96. The highest BCUT2D eigenvalue weighted by Gasteiger charge is 2.15. The first-order chi connectivity index (χ1) is 12.1. The molecule has 8 heteroatoms. The number of nitrogens with one attached hydrogen (secondary N) is 2. The predicted molar refractivity (Wildman–Crippen MR) is 106 cm³/mol. The Morgan fingerprint density at radius 3 is 2.88 bits per heavy atom. The van der Waals surface area contributed by atoms with Gasteiger partial charge in [-0.1, -0.05) is 60.0 Å². The number of amides is 1. The molecule has 0 unspecified atom stereocenters. The van der Waals surface area contributed by atoms with Crippen LogP contribution in [0.25, 0.3) is 0 Å². The third-order valence-corrected chi connectivity index (χ3v) is 6.37. The van der Waals surface area contributed by atoms with Gasteiger partial charge in [0.15, 0.2) is 4.34 Å². The largest absolute Gasteiger partial charge is 0.357 e. The highest BCUT2D eigenvalue weighted by Crippen LogP contribution is 2.29. The predicted octanol–water partition coefficient (Wildman–Crippen LogP) is 4.98. The van der Waals surface area contributed by atoms with Gasteiger partial charge in [-0.05, 0) is 37.5 Å². The van der Waals surface area contributed by atoms with E-state index in [-0.39, 0.29) is 11.7 Å². The number of hydrogen-bond acceptors (Lipinski definition) is 6. The van der Waals surface area contributed by atoms with Crippen molar-refractivity contribution in [2.45, 2.75) is 49.4 Å². The molecule has 2 aromatic rings. The quantitative estimate of drug-likeness (QED) is 0.674. The lowest BCUT2D eigenvalue weighted by atomic mass is 9.96. The van der Waals surface area contributed by atoms with Crippen molar-refractivity contribution >= 4 is 51.4 Å². The van der Waals surface area contributed by atoms with Crippen LogP contribution in [0.2, 0.25) is 5.02 Å². The number of benzene rings is 1. The topological polar surface area (TPSA) is 66.9 Å². The fraction of sp³-hybridized carbons (Fsp3) is 0.471. The summed E-state index contributed by atoms with van der Waals surface area (Å²) in [4.78, 5) is 12.1. The Labute approximate surface area is 161 Å². The number of nitrogens with zero attached hydrogens (tertiary/aromatic N) is 2. The van der Waals surface area contributed by atoms with E-state index in [0.717, 1.165) is 15.0 Å². The van der Waals surface area contributed by atoms with Crippen molar-refractivity contribution in [1.82, 2.24) is 10.2 Å². The summed E-state index contributed by atoms with van der Waals surface area (Å²) in [5, 5.41) is 16.0. The van der Waals surface area contributed by atoms with Crippen molar-refractivity contribution in [3.8, 4) is 0 Å². The van der Waals surface area contributed by atoms with E-state index in [1.54, 1.807) is 0 Å². The molecule has 134 valence electrons. The van der Waals surface area contributed by atoms with E-state index in [1.807, 2.05) is 25.1 Å². The van der Waals surface area contributed by atoms with Crippen LogP contribution in [-0.2, 0) is 4.79 Å². The smallest absolute Gasteiger partial charge is 0.234 e. The van der Waals surface area contributed by atoms with Crippen molar-refractivity contribution in [2.24, 2.45) is 0 Å². The van der Waals surface area contributed by atoms with Gasteiger partial charge in [0.1, 0.15) is 0 Å². The average molecular weight is 397 g/mol. The summed E-state index contributed by atoms with van der Waals surface area (Å²) in [7, 11) is 0. The van der Waals surface area contributed by atoms with Gasteiger partial charge in [-0.2, -0.15) is 0 Å². The lowest BCUT2D eigenvalue weighted by molar-refractivity contribution is -0.113. The molecule has 0 aliphatic heterocycles. The van der Waals surface area contributed by atoms with Crippen LogP contribution in [0.4, 0.5) is 10.8 Å². The van der Waals surface area contributed by atoms with Crippen molar-refractivity contribution in [1.29, 1.82) is 0 Å². The Bertz CT molecular complexity index is 731. The number of hydrogen-bond donors (Lipinski definition) is 2. The van der Waals surface area contributed by atoms with Gasteiger partial charge in [-0.15, -0.1) is 10.2 Å². The Hall–Kier alpha value is -1.31. The van der Waals surface area contributed by atoms with Crippen LogP contribution in [0, 0.1) is 6.92 Å². The summed E-state index contributed by atoms with van der Waals surface area (Å²) in [5.74, 6) is 0.176. The van der Waals surface area contributed by atoms with E-state index in [9.17, 15) is 4.79 Å². The lowest BCUT2D eigenvalue weighted by Gasteiger charge is -2.21. The molecule has 0 spiro atoms. The van der Waals surface area contributed by atoms with Crippen LogP contribution in [-0.4, -0.2) is 27.9 Å². The number of halogens is 1. The SMILES string of the molecule is Cc1ccc(NC(=O)CSc2nnc(NC3CCCCC3)s2)c(Cl)c1. The molecular weight excluding hydrogens is 376 g/mol. The van der Waals surface area contributed by atoms with Crippen LogP contribution in [0.5, 0.6) is 0 Å². The van der Waals surface area contributed by atoms with Gasteiger partial charge in [0.2, 0.25) is 11.0 Å². The van der Waals surface area contributed by atoms with Gasteiger partial charge in [0, 0.05) is 6.04 Å². The fourth-order valence-electron chi connectivity index (χ4n) is 2.78. The highest BCUT2D eigenvalue weighted by molar-refractivity contribution is 8.01. The molecule has 1 fully saturated rings. The molecular formula is C17H21ClN4OS2. The minimum Gasteiger partial charge on any atom is -0.357 e. The first-order valence-corrected chi connectivity index (χ1v) is 10.6. The maximum absolute atomic E-state index is 12.1. The molecule has 1 aromatic heterocycles. The number of aromatic nitrogens is 2. The van der Waals surface area contributed by atoms with Crippen LogP contribution >= 0.6 is 34.7 Å². The monoisotopic (exact) mass is 396 g/mol. The number of carbonyl (C=O) groups excluding carboxylic acids is 1. The van der Waals surface area contributed by atoms with Gasteiger partial charge >= 0.3 is 0 Å². The Morgan fingerprint density at radius 1 is 1.32 bits per heavy atom. The average Bonchev–Trinajstić information content (AvgIpc) is 3.04. The zero-order valence-electron chi connectivity index (χ0n) is 14.0. The molecule has 0 atom stereocenters. The molecule has 1 amide bonds. The van der Waals surface area contributed by atoms with Crippen LogP contribution in [0.15, 0.2) is 22.5 Å². The molecule has 25 heavy (non-hydrogen) atoms. The molecule has 2 N–H and O–H groups in total. The maximum Gasteiger partial charge on any atom is 0.234 e. The van der Waals surface area contributed by atoms with E-state index in [1.165, 1.54) is 55.2 Å². The van der Waals surface area contributed by atoms with Crippen LogP contribution in [0.3, 0.4) is 0 Å². The molecule has 1 aliphatic carbocycles. The number of rotatable bonds is 6. The molecule has 1 aromatic carbocycles. The van der Waals surface area contributed by atoms with Gasteiger partial charge in [0.05, 0.1) is 16.5 Å². The second-order valence-corrected chi connectivity index (χ2v) is 8.78. The number of carbonyl (C=O) groups is 1. The van der Waals surface area contributed by atoms with Gasteiger partial charge < -0.3 is 10.6 Å². The molecule has 0 bridgehead atoms. The molecule has 1 aliphatic rings. The molecule has 1 heterocycles. The van der Waals surface area contributed by atoms with Gasteiger partial charge in [-0.25, -0.2) is 0 Å². The fourth-order valence-corrected chi connectivity index (χ4v) is 4.69. The third-order valence-electron chi connectivity index (χ3n) is 4.06. The minimum absolute atomic E-state index is 0.104. The molecule has 3 rings (SSSR count). The second-order valence-electron chi connectivity index (χ2n) is 6.17. The molecule has 5 nitrogen and oxygen atoms in total. The van der Waals surface area contributed by atoms with E-state index >= 15 is 0 Å². The van der Waals surface area contributed by atoms with Crippen LogP contribution in [0.1, 0.15) is 37.7 Å². The van der Waals surface area contributed by atoms with Crippen molar-refractivity contribution in [3.63, 3.8) is 0 Å². The summed E-state index contributed by atoms with van der Waals surface area (Å²) >= 11 is 9.03. The Kier molecular flexibility index (Phi) is 6.56. The highest BCUT2D eigenvalue weighted by atomic mass is 35.5. The first kappa shape index (κ1) is 18.5. The summed E-state index contributed by atoms with van der Waals surface area (Å²) in [6, 6.07) is 6.07. The number of anilines is 2. The zero-order chi connectivity index (χ0) is 17.6. The van der Waals surface area contributed by atoms with E-state index in [4.69, 9.17) is 11.6 Å². The van der Waals surface area contributed by atoms with Gasteiger partial charge in [0.25, 0.3) is 0 Å². The van der Waals surface area contributed by atoms with Crippen molar-refractivity contribution in [2.75, 3.05) is 16.4 Å². The maximum atomic E-state index is 12.1. The molecule has 0 saturated heterocycles. The summed E-state index contributed by atoms with van der Waals surface area (Å²) in [6.07, 6.45) is 6.28. The van der Waals surface area contributed by atoms with Crippen molar-refractivity contribution in [3.05, 3.63) is 28.8 Å².